The maximum atomic E-state index is 5.11. The summed E-state index contributed by atoms with van der Waals surface area (Å²) in [7, 11) is 0. The normalized spacial score (nSPS) is 12.9. The van der Waals surface area contributed by atoms with Gasteiger partial charge >= 0.3 is 0 Å². The highest BCUT2D eigenvalue weighted by molar-refractivity contribution is 9.09. The van der Waals surface area contributed by atoms with Crippen LogP contribution in [-0.2, 0) is 6.54 Å². The Labute approximate surface area is 102 Å². The summed E-state index contributed by atoms with van der Waals surface area (Å²) in [5.74, 6) is 0.788. The van der Waals surface area contributed by atoms with E-state index in [4.69, 9.17) is 4.52 Å². The van der Waals surface area contributed by atoms with Crippen LogP contribution in [0.4, 0.5) is 0 Å². The molecule has 2 heterocycles. The van der Waals surface area contributed by atoms with E-state index in [1.165, 1.54) is 0 Å². The highest BCUT2D eigenvalue weighted by atomic mass is 79.9. The molecule has 0 fully saturated rings. The number of nitrogens with zero attached hydrogens (tertiary/aromatic N) is 4. The molecule has 2 aromatic heterocycles. The van der Waals surface area contributed by atoms with E-state index in [9.17, 15) is 0 Å². The fourth-order valence-electron chi connectivity index (χ4n) is 1.39. The second-order valence-corrected chi connectivity index (χ2v) is 4.76. The number of rotatable bonds is 4. The lowest BCUT2D eigenvalue weighted by Gasteiger charge is -1.98. The van der Waals surface area contributed by atoms with Gasteiger partial charge < -0.3 is 4.52 Å². The molecule has 0 aliphatic carbocycles. The average molecular weight is 285 g/mol. The van der Waals surface area contributed by atoms with Crippen LogP contribution in [0.3, 0.4) is 0 Å². The van der Waals surface area contributed by atoms with Crippen molar-refractivity contribution in [1.82, 2.24) is 20.2 Å². The zero-order valence-corrected chi connectivity index (χ0v) is 10.8. The molecule has 0 N–H and O–H groups in total. The third-order valence-electron chi connectivity index (χ3n) is 2.23. The Hall–Kier alpha value is -1.17. The monoisotopic (exact) mass is 284 g/mol. The topological polar surface area (TPSA) is 56.7 Å². The van der Waals surface area contributed by atoms with Crippen LogP contribution in [0.5, 0.6) is 0 Å². The minimum absolute atomic E-state index is 0.262. The Morgan fingerprint density at radius 2 is 2.38 bits per heavy atom. The van der Waals surface area contributed by atoms with E-state index in [1.54, 1.807) is 4.68 Å². The molecule has 16 heavy (non-hydrogen) atoms. The molecular weight excluding hydrogens is 272 g/mol. The van der Waals surface area contributed by atoms with E-state index in [2.05, 4.69) is 38.3 Å². The van der Waals surface area contributed by atoms with Crippen LogP contribution in [-0.4, -0.2) is 20.2 Å². The molecule has 0 spiro atoms. The summed E-state index contributed by atoms with van der Waals surface area (Å²) in [5, 5.41) is 12.0. The molecule has 2 aromatic rings. The van der Waals surface area contributed by atoms with Crippen molar-refractivity contribution < 1.29 is 4.52 Å². The van der Waals surface area contributed by atoms with Crippen molar-refractivity contribution in [3.05, 3.63) is 29.4 Å². The zero-order valence-electron chi connectivity index (χ0n) is 9.22. The summed E-state index contributed by atoms with van der Waals surface area (Å²) in [6.07, 6.45) is 2.90. The minimum atomic E-state index is 0.262. The van der Waals surface area contributed by atoms with E-state index in [1.807, 2.05) is 19.2 Å². The second-order valence-electron chi connectivity index (χ2n) is 3.65. The van der Waals surface area contributed by atoms with Gasteiger partial charge in [0.25, 0.3) is 0 Å². The van der Waals surface area contributed by atoms with Crippen molar-refractivity contribution in [1.29, 1.82) is 0 Å². The van der Waals surface area contributed by atoms with Crippen molar-refractivity contribution in [3.63, 3.8) is 0 Å². The molecule has 0 aliphatic rings. The zero-order chi connectivity index (χ0) is 11.5. The van der Waals surface area contributed by atoms with Gasteiger partial charge in [0.1, 0.15) is 6.54 Å². The molecule has 5 nitrogen and oxygen atoms in total. The predicted octanol–water partition coefficient (Wildman–Crippen LogP) is 2.47. The number of aromatic nitrogens is 4. The molecule has 0 saturated carbocycles. The summed E-state index contributed by atoms with van der Waals surface area (Å²) >= 11 is 3.54. The van der Waals surface area contributed by atoms with Crippen LogP contribution in [0, 0.1) is 6.92 Å². The number of aryl methyl sites for hydroxylation is 1. The average Bonchev–Trinajstić information content (AvgIpc) is 2.87. The maximum absolute atomic E-state index is 5.11. The van der Waals surface area contributed by atoms with Crippen molar-refractivity contribution >= 4 is 15.9 Å². The van der Waals surface area contributed by atoms with Crippen molar-refractivity contribution in [2.24, 2.45) is 0 Å². The van der Waals surface area contributed by atoms with E-state index in [0.29, 0.717) is 6.54 Å². The van der Waals surface area contributed by atoms with Crippen LogP contribution < -0.4 is 0 Å². The second kappa shape index (κ2) is 4.78. The minimum Gasteiger partial charge on any atom is -0.359 e. The van der Waals surface area contributed by atoms with Crippen LogP contribution in [0.2, 0.25) is 0 Å². The fourth-order valence-corrected chi connectivity index (χ4v) is 1.60. The Bertz CT molecular complexity index is 465. The number of halogens is 1. The summed E-state index contributed by atoms with van der Waals surface area (Å²) in [5.41, 5.74) is 1.82. The quantitative estimate of drug-likeness (QED) is 0.810. The van der Waals surface area contributed by atoms with Crippen LogP contribution in [0.1, 0.15) is 35.3 Å². The number of hydrogen-bond donors (Lipinski definition) is 0. The Kier molecular flexibility index (Phi) is 3.38. The SMILES string of the molecule is CCC(Br)c1cn(Cc2cc(C)no2)nn1. The van der Waals surface area contributed by atoms with Crippen molar-refractivity contribution in [3.8, 4) is 0 Å². The first kappa shape index (κ1) is 11.3. The van der Waals surface area contributed by atoms with Crippen molar-refractivity contribution in [2.45, 2.75) is 31.6 Å². The molecule has 0 aliphatic heterocycles. The fraction of sp³-hybridized carbons (Fsp3) is 0.500. The van der Waals surface area contributed by atoms with Crippen LogP contribution in [0.15, 0.2) is 16.8 Å². The lowest BCUT2D eigenvalue weighted by atomic mass is 10.3. The van der Waals surface area contributed by atoms with Gasteiger partial charge in [-0.2, -0.15) is 0 Å². The molecule has 0 bridgehead atoms. The van der Waals surface area contributed by atoms with Gasteiger partial charge in [0.15, 0.2) is 5.76 Å². The molecule has 0 amide bonds. The molecule has 1 unspecified atom stereocenters. The first-order valence-corrected chi connectivity index (χ1v) is 6.07. The van der Waals surface area contributed by atoms with Crippen molar-refractivity contribution in [2.75, 3.05) is 0 Å². The molecule has 0 aromatic carbocycles. The third-order valence-corrected chi connectivity index (χ3v) is 3.35. The van der Waals surface area contributed by atoms with Gasteiger partial charge in [0.2, 0.25) is 0 Å². The lowest BCUT2D eigenvalue weighted by Crippen LogP contribution is -1.98. The van der Waals surface area contributed by atoms with Gasteiger partial charge in [0, 0.05) is 6.07 Å². The Morgan fingerprint density at radius 1 is 1.56 bits per heavy atom. The van der Waals surface area contributed by atoms with E-state index in [-0.39, 0.29) is 4.83 Å². The smallest absolute Gasteiger partial charge is 0.158 e. The summed E-state index contributed by atoms with van der Waals surface area (Å²) in [4.78, 5) is 0.262. The van der Waals surface area contributed by atoms with E-state index < -0.39 is 0 Å². The summed E-state index contributed by atoms with van der Waals surface area (Å²) in [6, 6.07) is 1.90. The lowest BCUT2D eigenvalue weighted by molar-refractivity contribution is 0.367. The molecule has 86 valence electrons. The first-order chi connectivity index (χ1) is 7.69. The molecule has 1 atom stereocenters. The van der Waals surface area contributed by atoms with Gasteiger partial charge in [-0.3, -0.25) is 0 Å². The third kappa shape index (κ3) is 2.49. The van der Waals surface area contributed by atoms with Gasteiger partial charge in [-0.05, 0) is 13.3 Å². The largest absolute Gasteiger partial charge is 0.359 e. The van der Waals surface area contributed by atoms with Gasteiger partial charge in [-0.15, -0.1) is 5.10 Å². The molecular formula is C10H13BrN4O. The standard InChI is InChI=1S/C10H13BrN4O/c1-3-9(11)10-6-15(14-12-10)5-8-4-7(2)13-16-8/h4,6,9H,3,5H2,1-2H3. The molecule has 0 radical (unpaired) electrons. The first-order valence-electron chi connectivity index (χ1n) is 5.15. The Morgan fingerprint density at radius 3 is 3.00 bits per heavy atom. The highest BCUT2D eigenvalue weighted by Crippen LogP contribution is 2.23. The number of hydrogen-bond acceptors (Lipinski definition) is 4. The molecule has 0 saturated heterocycles. The van der Waals surface area contributed by atoms with E-state index in [0.717, 1.165) is 23.6 Å². The summed E-state index contributed by atoms with van der Waals surface area (Å²) in [6.45, 7) is 4.56. The highest BCUT2D eigenvalue weighted by Gasteiger charge is 2.10. The number of alkyl halides is 1. The molecule has 2 rings (SSSR count). The van der Waals surface area contributed by atoms with Crippen LogP contribution in [0.25, 0.3) is 0 Å². The van der Waals surface area contributed by atoms with Gasteiger partial charge in [-0.25, -0.2) is 4.68 Å². The van der Waals surface area contributed by atoms with Gasteiger partial charge in [0.05, 0.1) is 22.4 Å². The maximum Gasteiger partial charge on any atom is 0.158 e. The van der Waals surface area contributed by atoms with E-state index >= 15 is 0 Å². The summed E-state index contributed by atoms with van der Waals surface area (Å²) < 4.78 is 6.86. The Balaban J connectivity index is 2.08. The predicted molar refractivity (Wildman–Crippen MR) is 62.3 cm³/mol. The van der Waals surface area contributed by atoms with Crippen LogP contribution >= 0.6 is 15.9 Å². The van der Waals surface area contributed by atoms with Gasteiger partial charge in [-0.1, -0.05) is 33.2 Å². The molecule has 6 heteroatoms.